The lowest BCUT2D eigenvalue weighted by Crippen LogP contribution is -2.47. The number of urea groups is 2. The van der Waals surface area contributed by atoms with E-state index in [1.807, 2.05) is 23.5 Å². The van der Waals surface area contributed by atoms with Crippen molar-refractivity contribution >= 4 is 29.6 Å². The minimum absolute atomic E-state index is 0.223. The van der Waals surface area contributed by atoms with E-state index in [4.69, 9.17) is 10.5 Å². The van der Waals surface area contributed by atoms with Crippen LogP contribution in [0, 0.1) is 11.8 Å². The third-order valence-electron chi connectivity index (χ3n) is 4.49. The molecule has 0 radical (unpaired) electrons. The van der Waals surface area contributed by atoms with Crippen LogP contribution in [0.25, 0.3) is 0 Å². The average Bonchev–Trinajstić information content (AvgIpc) is 2.66. The number of imide groups is 1. The van der Waals surface area contributed by atoms with Gasteiger partial charge in [-0.05, 0) is 30.9 Å². The highest BCUT2D eigenvalue weighted by Crippen LogP contribution is 2.21. The maximum absolute atomic E-state index is 12.4. The van der Waals surface area contributed by atoms with Gasteiger partial charge in [0.2, 0.25) is 0 Å². The highest BCUT2D eigenvalue weighted by Gasteiger charge is 2.33. The van der Waals surface area contributed by atoms with Crippen LogP contribution in [-0.2, 0) is 14.3 Å². The molecule has 0 aromatic heterocycles. The summed E-state index contributed by atoms with van der Waals surface area (Å²) < 4.78 is 5.33. The fourth-order valence-corrected chi connectivity index (χ4v) is 2.95. The number of primary amides is 1. The number of hydrogen-bond acceptors (Lipinski definition) is 5. The van der Waals surface area contributed by atoms with Crippen molar-refractivity contribution in [1.29, 1.82) is 0 Å². The van der Waals surface area contributed by atoms with Gasteiger partial charge in [-0.15, -0.1) is 0 Å². The summed E-state index contributed by atoms with van der Waals surface area (Å²) in [6.45, 7) is 4.21. The van der Waals surface area contributed by atoms with E-state index in [1.165, 1.54) is 0 Å². The number of carbonyl (C=O) groups excluding carboxylic acids is 4. The number of carbonyl (C=O) groups is 4. The van der Waals surface area contributed by atoms with E-state index in [0.717, 1.165) is 0 Å². The largest absolute Gasteiger partial charge is 0.452 e. The smallest absolute Gasteiger partial charge is 0.321 e. The number of nitrogens with zero attached hydrogens (tertiary/aromatic N) is 1. The van der Waals surface area contributed by atoms with Gasteiger partial charge in [0.15, 0.2) is 6.10 Å². The van der Waals surface area contributed by atoms with Gasteiger partial charge >= 0.3 is 18.0 Å². The van der Waals surface area contributed by atoms with Crippen LogP contribution in [0.5, 0.6) is 0 Å². The number of piperidine rings is 1. The van der Waals surface area contributed by atoms with Gasteiger partial charge in [0, 0.05) is 18.8 Å². The van der Waals surface area contributed by atoms with Crippen molar-refractivity contribution < 1.29 is 23.9 Å². The molecule has 4 N–H and O–H groups in total. The second-order valence-corrected chi connectivity index (χ2v) is 7.01. The summed E-state index contributed by atoms with van der Waals surface area (Å²) in [6.07, 6.45) is -0.230. The first kappa shape index (κ1) is 21.2. The van der Waals surface area contributed by atoms with Gasteiger partial charge in [-0.1, -0.05) is 32.0 Å². The summed E-state index contributed by atoms with van der Waals surface area (Å²) >= 11 is 0. The SMILES string of the molecule is CC(C)[C@H](OC(=O)C1CCN(C(=O)Nc2ccccc2)CC1)C(=O)NC(N)=O. The Balaban J connectivity index is 1.85. The molecule has 0 spiro atoms. The molecule has 0 bridgehead atoms. The quantitative estimate of drug-likeness (QED) is 0.659. The lowest BCUT2D eigenvalue weighted by Gasteiger charge is -2.32. The van der Waals surface area contributed by atoms with Crippen molar-refractivity contribution in [3.63, 3.8) is 0 Å². The summed E-state index contributed by atoms with van der Waals surface area (Å²) in [5.41, 5.74) is 5.65. The molecule has 0 saturated carbocycles. The molecule has 0 unspecified atom stereocenters. The van der Waals surface area contributed by atoms with Crippen LogP contribution >= 0.6 is 0 Å². The summed E-state index contributed by atoms with van der Waals surface area (Å²) in [6, 6.07) is 7.90. The molecule has 9 heteroatoms. The molecular weight excluding hydrogens is 364 g/mol. The Labute approximate surface area is 163 Å². The number of anilines is 1. The zero-order valence-electron chi connectivity index (χ0n) is 16.0. The van der Waals surface area contributed by atoms with E-state index >= 15 is 0 Å². The Morgan fingerprint density at radius 1 is 1.11 bits per heavy atom. The Morgan fingerprint density at radius 3 is 2.25 bits per heavy atom. The van der Waals surface area contributed by atoms with Crippen LogP contribution in [0.1, 0.15) is 26.7 Å². The van der Waals surface area contributed by atoms with Gasteiger partial charge in [0.1, 0.15) is 0 Å². The van der Waals surface area contributed by atoms with Crippen molar-refractivity contribution in [2.24, 2.45) is 17.6 Å². The van der Waals surface area contributed by atoms with Crippen LogP contribution in [0.3, 0.4) is 0 Å². The first-order chi connectivity index (χ1) is 13.3. The molecule has 0 aliphatic carbocycles. The Bertz CT molecular complexity index is 714. The van der Waals surface area contributed by atoms with Crippen molar-refractivity contribution in [1.82, 2.24) is 10.2 Å². The molecule has 2 rings (SSSR count). The van der Waals surface area contributed by atoms with Crippen molar-refractivity contribution in [3.8, 4) is 0 Å². The number of rotatable bonds is 5. The van der Waals surface area contributed by atoms with E-state index in [-0.39, 0.29) is 11.9 Å². The number of ether oxygens (including phenoxy) is 1. The number of para-hydroxylation sites is 1. The van der Waals surface area contributed by atoms with E-state index in [9.17, 15) is 19.2 Å². The van der Waals surface area contributed by atoms with Gasteiger partial charge < -0.3 is 20.7 Å². The molecule has 5 amide bonds. The first-order valence-electron chi connectivity index (χ1n) is 9.19. The van der Waals surface area contributed by atoms with Gasteiger partial charge in [0.05, 0.1) is 5.92 Å². The third kappa shape index (κ3) is 5.97. The van der Waals surface area contributed by atoms with Gasteiger partial charge in [-0.3, -0.25) is 14.9 Å². The van der Waals surface area contributed by atoms with Gasteiger partial charge in [0.25, 0.3) is 5.91 Å². The number of benzene rings is 1. The number of nitrogens with one attached hydrogen (secondary N) is 2. The summed E-state index contributed by atoms with van der Waals surface area (Å²) in [5.74, 6) is -1.99. The monoisotopic (exact) mass is 390 g/mol. The summed E-state index contributed by atoms with van der Waals surface area (Å²) in [4.78, 5) is 49.2. The number of hydrogen-bond donors (Lipinski definition) is 3. The average molecular weight is 390 g/mol. The topological polar surface area (TPSA) is 131 Å². The zero-order chi connectivity index (χ0) is 20.7. The highest BCUT2D eigenvalue weighted by molar-refractivity contribution is 5.97. The molecule has 1 fully saturated rings. The normalized spacial score (nSPS) is 15.6. The van der Waals surface area contributed by atoms with Crippen molar-refractivity contribution in [2.45, 2.75) is 32.8 Å². The van der Waals surface area contributed by atoms with E-state index in [1.54, 1.807) is 30.9 Å². The molecule has 152 valence electrons. The molecule has 9 nitrogen and oxygen atoms in total. The minimum atomic E-state index is -1.10. The maximum atomic E-state index is 12.4. The standard InChI is InChI=1S/C19H26N4O5/c1-12(2)15(16(24)22-18(20)26)28-17(25)13-8-10-23(11-9-13)19(27)21-14-6-4-3-5-7-14/h3-7,12-13,15H,8-11H2,1-2H3,(H,21,27)(H3,20,22,24,26)/t15-/m0/s1. The molecule has 1 aliphatic rings. The van der Waals surface area contributed by atoms with E-state index in [0.29, 0.717) is 31.6 Å². The molecule has 1 aromatic rings. The predicted octanol–water partition coefficient (Wildman–Crippen LogP) is 1.69. The molecule has 1 aliphatic heterocycles. The molecule has 1 saturated heterocycles. The van der Waals surface area contributed by atoms with Crippen LogP contribution in [0.4, 0.5) is 15.3 Å². The minimum Gasteiger partial charge on any atom is -0.452 e. The fraction of sp³-hybridized carbons (Fsp3) is 0.474. The second-order valence-electron chi connectivity index (χ2n) is 7.01. The Hall–Kier alpha value is -3.10. The molecule has 28 heavy (non-hydrogen) atoms. The fourth-order valence-electron chi connectivity index (χ4n) is 2.95. The highest BCUT2D eigenvalue weighted by atomic mass is 16.5. The Kier molecular flexibility index (Phi) is 7.36. The maximum Gasteiger partial charge on any atom is 0.321 e. The van der Waals surface area contributed by atoms with Crippen LogP contribution in [0.2, 0.25) is 0 Å². The van der Waals surface area contributed by atoms with Crippen LogP contribution < -0.4 is 16.4 Å². The predicted molar refractivity (Wildman–Crippen MR) is 102 cm³/mol. The first-order valence-corrected chi connectivity index (χ1v) is 9.19. The summed E-state index contributed by atoms with van der Waals surface area (Å²) in [7, 11) is 0. The number of likely N-dealkylation sites (tertiary alicyclic amines) is 1. The van der Waals surface area contributed by atoms with Gasteiger partial charge in [-0.25, -0.2) is 9.59 Å². The third-order valence-corrected chi connectivity index (χ3v) is 4.49. The zero-order valence-corrected chi connectivity index (χ0v) is 16.0. The second kappa shape index (κ2) is 9.72. The number of nitrogens with two attached hydrogens (primary N) is 1. The molecular formula is C19H26N4O5. The van der Waals surface area contributed by atoms with Gasteiger partial charge in [-0.2, -0.15) is 0 Å². The van der Waals surface area contributed by atoms with E-state index in [2.05, 4.69) is 5.32 Å². The van der Waals surface area contributed by atoms with Crippen LogP contribution in [0.15, 0.2) is 30.3 Å². The van der Waals surface area contributed by atoms with Crippen molar-refractivity contribution in [2.75, 3.05) is 18.4 Å². The number of amides is 5. The summed E-state index contributed by atoms with van der Waals surface area (Å²) in [5, 5.41) is 4.75. The van der Waals surface area contributed by atoms with E-state index < -0.39 is 29.9 Å². The Morgan fingerprint density at radius 2 is 1.71 bits per heavy atom. The van der Waals surface area contributed by atoms with Crippen LogP contribution in [-0.4, -0.2) is 48.0 Å². The molecule has 1 atom stereocenters. The van der Waals surface area contributed by atoms with Crippen molar-refractivity contribution in [3.05, 3.63) is 30.3 Å². The number of esters is 1. The molecule has 1 aromatic carbocycles. The lowest BCUT2D eigenvalue weighted by molar-refractivity contribution is -0.163. The molecule has 1 heterocycles. The lowest BCUT2D eigenvalue weighted by atomic mass is 9.97.